The fraction of sp³-hybridized carbons (Fsp3) is 0.167. The monoisotopic (exact) mass is 397 g/mol. The highest BCUT2D eigenvalue weighted by Crippen LogP contribution is 2.30. The van der Waals surface area contributed by atoms with E-state index in [1.54, 1.807) is 29.2 Å². The summed E-state index contributed by atoms with van der Waals surface area (Å²) in [5.74, 6) is 0.845. The van der Waals surface area contributed by atoms with Crippen LogP contribution in [0.3, 0.4) is 0 Å². The van der Waals surface area contributed by atoms with Crippen LogP contribution in [0.1, 0.15) is 0 Å². The van der Waals surface area contributed by atoms with Crippen molar-refractivity contribution < 1.29 is 8.42 Å². The van der Waals surface area contributed by atoms with Crippen molar-refractivity contribution >= 4 is 26.9 Å². The summed E-state index contributed by atoms with van der Waals surface area (Å²) < 4.78 is 27.6. The van der Waals surface area contributed by atoms with E-state index < -0.39 is 10.0 Å². The molecule has 1 aromatic carbocycles. The molecular formula is C18H19N7O2S. The minimum Gasteiger partial charge on any atom is -0.383 e. The third kappa shape index (κ3) is 3.02. The van der Waals surface area contributed by atoms with Gasteiger partial charge in [0, 0.05) is 44.7 Å². The molecule has 3 heterocycles. The first-order valence-electron chi connectivity index (χ1n) is 8.43. The largest absolute Gasteiger partial charge is 0.383 e. The summed E-state index contributed by atoms with van der Waals surface area (Å²) >= 11 is 0. The summed E-state index contributed by atoms with van der Waals surface area (Å²) in [6.45, 7) is 0. The Hall–Kier alpha value is -3.24. The van der Waals surface area contributed by atoms with Crippen molar-refractivity contribution in [2.24, 2.45) is 7.05 Å². The standard InChI is InChI=1S/C18H19N7O2S/c1-24(2)28(26,27)13-4-5-15-16(7-13)23-18(22-15)14-6-11(8-20-17(14)19)12-9-21-25(3)10-12/h4-10H,1-3H3,(H2,19,20)(H,22,23). The Morgan fingerprint density at radius 3 is 2.61 bits per heavy atom. The van der Waals surface area contributed by atoms with Gasteiger partial charge in [0.2, 0.25) is 10.0 Å². The van der Waals surface area contributed by atoms with Gasteiger partial charge in [0.25, 0.3) is 0 Å². The Labute approximate surface area is 161 Å². The van der Waals surface area contributed by atoms with Crippen LogP contribution in [0.25, 0.3) is 33.5 Å². The molecular weight excluding hydrogens is 378 g/mol. The Morgan fingerprint density at radius 1 is 1.14 bits per heavy atom. The van der Waals surface area contributed by atoms with Gasteiger partial charge in [0.05, 0.1) is 27.7 Å². The molecule has 0 aliphatic rings. The average molecular weight is 397 g/mol. The van der Waals surface area contributed by atoms with Crippen LogP contribution in [0, 0.1) is 0 Å². The smallest absolute Gasteiger partial charge is 0.242 e. The molecule has 4 aromatic rings. The lowest BCUT2D eigenvalue weighted by atomic mass is 10.1. The van der Waals surface area contributed by atoms with Gasteiger partial charge in [-0.25, -0.2) is 22.7 Å². The van der Waals surface area contributed by atoms with Crippen LogP contribution < -0.4 is 5.73 Å². The molecule has 0 fully saturated rings. The van der Waals surface area contributed by atoms with Crippen LogP contribution in [0.4, 0.5) is 5.82 Å². The van der Waals surface area contributed by atoms with Gasteiger partial charge in [-0.15, -0.1) is 0 Å². The van der Waals surface area contributed by atoms with E-state index in [0.29, 0.717) is 28.2 Å². The van der Waals surface area contributed by atoms with E-state index in [1.807, 2.05) is 19.3 Å². The predicted molar refractivity (Wildman–Crippen MR) is 107 cm³/mol. The zero-order valence-corrected chi connectivity index (χ0v) is 16.4. The highest BCUT2D eigenvalue weighted by atomic mass is 32.2. The number of H-pyrrole nitrogens is 1. The van der Waals surface area contributed by atoms with E-state index in [-0.39, 0.29) is 4.90 Å². The number of anilines is 1. The summed E-state index contributed by atoms with van der Waals surface area (Å²) in [6, 6.07) is 6.65. The molecule has 0 spiro atoms. The van der Waals surface area contributed by atoms with Crippen molar-refractivity contribution in [1.82, 2.24) is 29.0 Å². The number of pyridine rings is 1. The number of hydrogen-bond acceptors (Lipinski definition) is 6. The van der Waals surface area contributed by atoms with Crippen LogP contribution in [0.5, 0.6) is 0 Å². The number of aromatic nitrogens is 5. The second-order valence-electron chi connectivity index (χ2n) is 6.61. The maximum Gasteiger partial charge on any atom is 0.242 e. The van der Waals surface area contributed by atoms with E-state index in [0.717, 1.165) is 11.1 Å². The Morgan fingerprint density at radius 2 is 1.93 bits per heavy atom. The van der Waals surface area contributed by atoms with Gasteiger partial charge in [0.15, 0.2) is 0 Å². The van der Waals surface area contributed by atoms with Gasteiger partial charge in [-0.3, -0.25) is 4.68 Å². The summed E-state index contributed by atoms with van der Waals surface area (Å²) in [7, 11) is 1.30. The molecule has 0 saturated heterocycles. The number of nitrogens with two attached hydrogens (primary N) is 1. The number of nitrogens with zero attached hydrogens (tertiary/aromatic N) is 5. The molecule has 4 rings (SSSR count). The van der Waals surface area contributed by atoms with Gasteiger partial charge in [-0.05, 0) is 24.3 Å². The number of nitrogen functional groups attached to an aromatic ring is 1. The van der Waals surface area contributed by atoms with Crippen LogP contribution in [-0.4, -0.2) is 51.6 Å². The SMILES string of the molecule is CN(C)S(=O)(=O)c1ccc2nc(-c3cc(-c4cnn(C)c4)cnc3N)[nH]c2c1. The first-order chi connectivity index (χ1) is 13.3. The highest BCUT2D eigenvalue weighted by molar-refractivity contribution is 7.89. The van der Waals surface area contributed by atoms with Crippen molar-refractivity contribution in [3.63, 3.8) is 0 Å². The molecule has 10 heteroatoms. The van der Waals surface area contributed by atoms with Crippen LogP contribution >= 0.6 is 0 Å². The fourth-order valence-electron chi connectivity index (χ4n) is 2.88. The van der Waals surface area contributed by atoms with Crippen molar-refractivity contribution in [3.8, 4) is 22.5 Å². The molecule has 0 unspecified atom stereocenters. The minimum absolute atomic E-state index is 0.190. The maximum absolute atomic E-state index is 12.4. The van der Waals surface area contributed by atoms with Gasteiger partial charge >= 0.3 is 0 Å². The summed E-state index contributed by atoms with van der Waals surface area (Å²) in [4.78, 5) is 12.2. The lowest BCUT2D eigenvalue weighted by Gasteiger charge is -2.10. The minimum atomic E-state index is -3.53. The van der Waals surface area contributed by atoms with E-state index in [1.165, 1.54) is 24.5 Å². The van der Waals surface area contributed by atoms with Crippen molar-refractivity contribution in [1.29, 1.82) is 0 Å². The second-order valence-corrected chi connectivity index (χ2v) is 8.76. The van der Waals surface area contributed by atoms with Gasteiger partial charge in [-0.1, -0.05) is 0 Å². The van der Waals surface area contributed by atoms with Crippen molar-refractivity contribution in [2.45, 2.75) is 4.90 Å². The molecule has 0 amide bonds. The van der Waals surface area contributed by atoms with Gasteiger partial charge in [0.1, 0.15) is 11.6 Å². The third-order valence-electron chi connectivity index (χ3n) is 4.44. The predicted octanol–water partition coefficient (Wildman–Crippen LogP) is 1.86. The average Bonchev–Trinajstić information content (AvgIpc) is 3.27. The van der Waals surface area contributed by atoms with Crippen LogP contribution in [0.15, 0.2) is 47.8 Å². The number of rotatable bonds is 4. The molecule has 3 aromatic heterocycles. The number of hydrogen-bond donors (Lipinski definition) is 2. The molecule has 144 valence electrons. The Bertz CT molecular complexity index is 1290. The molecule has 0 aliphatic heterocycles. The first kappa shape index (κ1) is 18.1. The second kappa shape index (κ2) is 6.43. The molecule has 3 N–H and O–H groups in total. The Balaban J connectivity index is 1.81. The highest BCUT2D eigenvalue weighted by Gasteiger charge is 2.19. The number of imidazole rings is 1. The van der Waals surface area contributed by atoms with E-state index >= 15 is 0 Å². The lowest BCUT2D eigenvalue weighted by molar-refractivity contribution is 0.521. The number of aromatic amines is 1. The molecule has 0 atom stereocenters. The van der Waals surface area contributed by atoms with Crippen LogP contribution in [-0.2, 0) is 17.1 Å². The molecule has 0 radical (unpaired) electrons. The lowest BCUT2D eigenvalue weighted by Crippen LogP contribution is -2.22. The van der Waals surface area contributed by atoms with Crippen LogP contribution in [0.2, 0.25) is 0 Å². The molecule has 28 heavy (non-hydrogen) atoms. The van der Waals surface area contributed by atoms with Gasteiger partial charge in [-0.2, -0.15) is 5.10 Å². The molecule has 0 saturated carbocycles. The van der Waals surface area contributed by atoms with Gasteiger partial charge < -0.3 is 10.7 Å². The number of sulfonamides is 1. The topological polar surface area (TPSA) is 123 Å². The quantitative estimate of drug-likeness (QED) is 0.542. The van der Waals surface area contributed by atoms with Crippen molar-refractivity contribution in [3.05, 3.63) is 42.9 Å². The van der Waals surface area contributed by atoms with E-state index in [4.69, 9.17) is 5.73 Å². The number of fused-ring (bicyclic) bond motifs is 1. The fourth-order valence-corrected chi connectivity index (χ4v) is 3.81. The third-order valence-corrected chi connectivity index (χ3v) is 6.25. The number of nitrogens with one attached hydrogen (secondary N) is 1. The first-order valence-corrected chi connectivity index (χ1v) is 9.87. The summed E-state index contributed by atoms with van der Waals surface area (Å²) in [6.07, 6.45) is 5.31. The summed E-state index contributed by atoms with van der Waals surface area (Å²) in [5, 5.41) is 4.17. The maximum atomic E-state index is 12.4. The normalized spacial score (nSPS) is 12.1. The Kier molecular flexibility index (Phi) is 4.16. The van der Waals surface area contributed by atoms with E-state index in [9.17, 15) is 8.42 Å². The number of benzene rings is 1. The summed E-state index contributed by atoms with van der Waals surface area (Å²) in [5.41, 5.74) is 9.71. The molecule has 0 aliphatic carbocycles. The zero-order valence-electron chi connectivity index (χ0n) is 15.6. The number of aryl methyl sites for hydroxylation is 1. The molecule has 9 nitrogen and oxygen atoms in total. The zero-order chi connectivity index (χ0) is 20.1. The van der Waals surface area contributed by atoms with Crippen molar-refractivity contribution in [2.75, 3.05) is 19.8 Å². The van der Waals surface area contributed by atoms with E-state index in [2.05, 4.69) is 20.1 Å². The molecule has 0 bridgehead atoms.